The number of allylic oxidation sites excluding steroid dienone is 4. The first-order chi connectivity index (χ1) is 10.4. The van der Waals surface area contributed by atoms with E-state index in [2.05, 4.69) is 39.0 Å². The zero-order valence-corrected chi connectivity index (χ0v) is 14.3. The van der Waals surface area contributed by atoms with Crippen LogP contribution in [0.25, 0.3) is 0 Å². The molecule has 0 aromatic rings. The molecule has 0 saturated heterocycles. The number of rotatable bonds is 0. The molecule has 0 amide bonds. The van der Waals surface area contributed by atoms with Crippen LogP contribution in [0, 0.1) is 40.4 Å². The lowest BCUT2D eigenvalue weighted by Crippen LogP contribution is -2.52. The van der Waals surface area contributed by atoms with Gasteiger partial charge in [-0.1, -0.05) is 32.1 Å². The van der Waals surface area contributed by atoms with E-state index in [0.29, 0.717) is 17.3 Å². The molecular weight excluding hydrogens is 268 g/mol. The molecule has 1 N–H and O–H groups in total. The van der Waals surface area contributed by atoms with E-state index in [9.17, 15) is 5.11 Å². The monoisotopic (exact) mass is 298 g/mol. The predicted octanol–water partition coefficient (Wildman–Crippen LogP) is 4.72. The lowest BCUT2D eigenvalue weighted by Gasteiger charge is -2.57. The quantitative estimate of drug-likeness (QED) is 0.686. The van der Waals surface area contributed by atoms with Gasteiger partial charge >= 0.3 is 0 Å². The maximum absolute atomic E-state index is 10.9. The third-order valence-electron chi connectivity index (χ3n) is 8.93. The predicted molar refractivity (Wildman–Crippen MR) is 89.2 cm³/mol. The van der Waals surface area contributed by atoms with Crippen molar-refractivity contribution in [3.8, 4) is 0 Å². The zero-order valence-electron chi connectivity index (χ0n) is 14.3. The molecular formula is C21H30O. The van der Waals surface area contributed by atoms with Gasteiger partial charge in [0, 0.05) is 0 Å². The van der Waals surface area contributed by atoms with E-state index in [4.69, 9.17) is 0 Å². The van der Waals surface area contributed by atoms with E-state index in [1.807, 2.05) is 0 Å². The molecule has 5 aliphatic rings. The summed E-state index contributed by atoms with van der Waals surface area (Å²) in [6.07, 6.45) is 15.2. The highest BCUT2D eigenvalue weighted by Gasteiger charge is 2.62. The van der Waals surface area contributed by atoms with Crippen LogP contribution in [0.15, 0.2) is 23.8 Å². The average molecular weight is 298 g/mol. The summed E-state index contributed by atoms with van der Waals surface area (Å²) in [6, 6.07) is 0. The Morgan fingerprint density at radius 2 is 1.86 bits per heavy atom. The third-order valence-corrected chi connectivity index (χ3v) is 8.93. The highest BCUT2D eigenvalue weighted by Crippen LogP contribution is 2.68. The fourth-order valence-corrected chi connectivity index (χ4v) is 7.07. The van der Waals surface area contributed by atoms with Gasteiger partial charge in [-0.25, -0.2) is 0 Å². The first kappa shape index (κ1) is 13.8. The van der Waals surface area contributed by atoms with Crippen molar-refractivity contribution >= 4 is 0 Å². The Bertz CT molecular complexity index is 585. The van der Waals surface area contributed by atoms with Crippen LogP contribution in [-0.4, -0.2) is 10.7 Å². The summed E-state index contributed by atoms with van der Waals surface area (Å²) in [5.74, 6) is 4.10. The summed E-state index contributed by atoms with van der Waals surface area (Å²) >= 11 is 0. The maximum Gasteiger partial charge on any atom is 0.0676 e. The van der Waals surface area contributed by atoms with Gasteiger partial charge in [-0.05, 0) is 91.4 Å². The second-order valence-electron chi connectivity index (χ2n) is 9.82. The Kier molecular flexibility index (Phi) is 2.46. The molecule has 0 radical (unpaired) electrons. The minimum atomic E-state index is -0.457. The number of aliphatic hydroxyl groups is 1. The fraction of sp³-hybridized carbons (Fsp3) is 0.810. The molecule has 3 saturated carbocycles. The van der Waals surface area contributed by atoms with Crippen molar-refractivity contribution in [2.45, 2.75) is 64.9 Å². The van der Waals surface area contributed by atoms with Gasteiger partial charge in [-0.3, -0.25) is 0 Å². The van der Waals surface area contributed by atoms with Gasteiger partial charge in [0.15, 0.2) is 0 Å². The van der Waals surface area contributed by atoms with Gasteiger partial charge in [-0.2, -0.15) is 0 Å². The summed E-state index contributed by atoms with van der Waals surface area (Å²) in [5, 5.41) is 10.9. The summed E-state index contributed by atoms with van der Waals surface area (Å²) in [6.45, 7) is 7.03. The van der Waals surface area contributed by atoms with Crippen molar-refractivity contribution in [3.63, 3.8) is 0 Å². The molecule has 1 nitrogen and oxygen atoms in total. The standard InChI is InChI=1S/C21H30O/c1-19-12-14-10-13(14)11-15(19)4-5-16-17(19)6-8-20(2)18(16)7-9-21(20,3)22/h4-5,11,13-14,16-18,22H,6-10,12H2,1-3H3/t13?,14?,16?,17?,18?,19?,20?,21-/m1/s1. The van der Waals surface area contributed by atoms with Crippen LogP contribution in [0.5, 0.6) is 0 Å². The van der Waals surface area contributed by atoms with Crippen molar-refractivity contribution in [1.82, 2.24) is 0 Å². The Balaban J connectivity index is 1.56. The van der Waals surface area contributed by atoms with Gasteiger partial charge in [0.2, 0.25) is 0 Å². The third kappa shape index (κ3) is 1.50. The molecule has 120 valence electrons. The van der Waals surface area contributed by atoms with Crippen LogP contribution < -0.4 is 0 Å². The molecule has 8 atom stereocenters. The molecule has 0 heterocycles. The molecule has 3 fully saturated rings. The fourth-order valence-electron chi connectivity index (χ4n) is 7.07. The maximum atomic E-state index is 10.9. The van der Waals surface area contributed by atoms with Crippen molar-refractivity contribution in [1.29, 1.82) is 0 Å². The second-order valence-corrected chi connectivity index (χ2v) is 9.82. The van der Waals surface area contributed by atoms with E-state index in [1.165, 1.54) is 32.1 Å². The van der Waals surface area contributed by atoms with Gasteiger partial charge in [0.25, 0.3) is 0 Å². The van der Waals surface area contributed by atoms with Gasteiger partial charge in [0.1, 0.15) is 0 Å². The molecule has 0 aliphatic heterocycles. The average Bonchev–Trinajstić information content (AvgIpc) is 3.14. The smallest absolute Gasteiger partial charge is 0.0676 e. The first-order valence-electron chi connectivity index (χ1n) is 9.48. The number of fused-ring (bicyclic) bond motifs is 6. The molecule has 0 aromatic carbocycles. The van der Waals surface area contributed by atoms with Crippen LogP contribution in [0.1, 0.15) is 59.3 Å². The molecule has 1 heteroatoms. The Hall–Kier alpha value is -0.560. The van der Waals surface area contributed by atoms with Crippen LogP contribution in [0.3, 0.4) is 0 Å². The summed E-state index contributed by atoms with van der Waals surface area (Å²) in [4.78, 5) is 0. The summed E-state index contributed by atoms with van der Waals surface area (Å²) < 4.78 is 0. The van der Waals surface area contributed by atoms with Crippen LogP contribution in [0.4, 0.5) is 0 Å². The highest BCUT2D eigenvalue weighted by atomic mass is 16.3. The van der Waals surface area contributed by atoms with Gasteiger partial charge < -0.3 is 5.11 Å². The Labute approximate surface area is 134 Å². The highest BCUT2D eigenvalue weighted by molar-refractivity contribution is 5.38. The molecule has 22 heavy (non-hydrogen) atoms. The van der Waals surface area contributed by atoms with Crippen LogP contribution in [0.2, 0.25) is 0 Å². The molecule has 0 aromatic heterocycles. The summed E-state index contributed by atoms with van der Waals surface area (Å²) in [7, 11) is 0. The lowest BCUT2D eigenvalue weighted by atomic mass is 9.48. The number of hydrogen-bond acceptors (Lipinski definition) is 1. The van der Waals surface area contributed by atoms with Gasteiger partial charge in [0.05, 0.1) is 5.60 Å². The van der Waals surface area contributed by atoms with Crippen LogP contribution in [-0.2, 0) is 0 Å². The first-order valence-corrected chi connectivity index (χ1v) is 9.48. The molecule has 7 unspecified atom stereocenters. The largest absolute Gasteiger partial charge is 0.390 e. The second kappa shape index (κ2) is 3.91. The molecule has 5 aliphatic carbocycles. The van der Waals surface area contributed by atoms with E-state index < -0.39 is 5.60 Å². The SMILES string of the molecule is CC12CC3CC3C=C1C=CC1C2CCC2(C)C1CC[C@@]2(C)O. The molecule has 0 spiro atoms. The van der Waals surface area contributed by atoms with Crippen molar-refractivity contribution in [2.75, 3.05) is 0 Å². The van der Waals surface area contributed by atoms with Crippen molar-refractivity contribution < 1.29 is 5.11 Å². The van der Waals surface area contributed by atoms with Crippen LogP contribution >= 0.6 is 0 Å². The van der Waals surface area contributed by atoms with E-state index in [1.54, 1.807) is 5.57 Å². The minimum Gasteiger partial charge on any atom is -0.390 e. The van der Waals surface area contributed by atoms with Gasteiger partial charge in [-0.15, -0.1) is 0 Å². The minimum absolute atomic E-state index is 0.132. The topological polar surface area (TPSA) is 20.2 Å². The van der Waals surface area contributed by atoms with E-state index >= 15 is 0 Å². The Morgan fingerprint density at radius 3 is 2.68 bits per heavy atom. The Morgan fingerprint density at radius 1 is 1.09 bits per heavy atom. The lowest BCUT2D eigenvalue weighted by molar-refractivity contribution is -0.102. The van der Waals surface area contributed by atoms with E-state index in [-0.39, 0.29) is 5.41 Å². The zero-order chi connectivity index (χ0) is 15.3. The van der Waals surface area contributed by atoms with Crippen molar-refractivity contribution in [2.24, 2.45) is 40.4 Å². The normalized spacial score (nSPS) is 61.6. The number of hydrogen-bond donors (Lipinski definition) is 1. The van der Waals surface area contributed by atoms with Crippen molar-refractivity contribution in [3.05, 3.63) is 23.8 Å². The summed E-state index contributed by atoms with van der Waals surface area (Å²) in [5.41, 5.74) is 1.75. The molecule has 0 bridgehead atoms. The molecule has 5 rings (SSSR count). The van der Waals surface area contributed by atoms with E-state index in [0.717, 1.165) is 24.2 Å².